The van der Waals surface area contributed by atoms with Crippen LogP contribution in [-0.2, 0) is 0 Å². The highest BCUT2D eigenvalue weighted by Crippen LogP contribution is 2.30. The summed E-state index contributed by atoms with van der Waals surface area (Å²) in [5.74, 6) is 2.47. The zero-order valence-corrected chi connectivity index (χ0v) is 11.1. The van der Waals surface area contributed by atoms with E-state index in [1.807, 2.05) is 12.4 Å². The Labute approximate surface area is 104 Å². The lowest BCUT2D eigenvalue weighted by Crippen LogP contribution is -2.13. The van der Waals surface area contributed by atoms with E-state index in [1.165, 1.54) is 19.3 Å². The minimum atomic E-state index is 0.759. The fourth-order valence-electron chi connectivity index (χ4n) is 2.15. The van der Waals surface area contributed by atoms with E-state index in [2.05, 4.69) is 44.8 Å². The van der Waals surface area contributed by atoms with E-state index in [1.54, 1.807) is 0 Å². The molecule has 1 aromatic rings. The van der Waals surface area contributed by atoms with Crippen LogP contribution in [0.15, 0.2) is 12.4 Å². The first-order valence-electron chi connectivity index (χ1n) is 5.45. The number of rotatable bonds is 3. The van der Waals surface area contributed by atoms with Crippen LogP contribution >= 0.6 is 22.6 Å². The number of nitrogens with one attached hydrogen (secondary N) is 1. The molecule has 1 aliphatic rings. The molecular weight excluding hydrogens is 301 g/mol. The van der Waals surface area contributed by atoms with Crippen molar-refractivity contribution in [3.8, 4) is 0 Å². The molecule has 0 amide bonds. The highest BCUT2D eigenvalue weighted by atomic mass is 127. The van der Waals surface area contributed by atoms with Crippen LogP contribution in [0.2, 0.25) is 0 Å². The monoisotopic (exact) mass is 317 g/mol. The zero-order valence-electron chi connectivity index (χ0n) is 8.91. The molecule has 3 nitrogen and oxygen atoms in total. The van der Waals surface area contributed by atoms with Crippen molar-refractivity contribution in [1.29, 1.82) is 0 Å². The quantitative estimate of drug-likeness (QED) is 0.871. The van der Waals surface area contributed by atoms with E-state index < -0.39 is 0 Å². The number of halogens is 1. The fraction of sp³-hybridized carbons (Fsp3) is 0.636. The van der Waals surface area contributed by atoms with Gasteiger partial charge in [-0.05, 0) is 47.3 Å². The van der Waals surface area contributed by atoms with Crippen molar-refractivity contribution in [3.05, 3.63) is 16.0 Å². The van der Waals surface area contributed by atoms with Gasteiger partial charge in [-0.1, -0.05) is 13.3 Å². The number of nitrogens with zero attached hydrogens (tertiary/aromatic N) is 2. The molecule has 0 radical (unpaired) electrons. The molecule has 0 aliphatic heterocycles. The molecule has 82 valence electrons. The van der Waals surface area contributed by atoms with Crippen LogP contribution in [0.1, 0.15) is 26.2 Å². The average molecular weight is 317 g/mol. The second kappa shape index (κ2) is 5.09. The van der Waals surface area contributed by atoms with E-state index in [4.69, 9.17) is 0 Å². The molecule has 1 saturated carbocycles. The normalized spacial score (nSPS) is 25.5. The van der Waals surface area contributed by atoms with Gasteiger partial charge in [0.1, 0.15) is 0 Å². The summed E-state index contributed by atoms with van der Waals surface area (Å²) in [6, 6.07) is 0. The van der Waals surface area contributed by atoms with Crippen molar-refractivity contribution in [2.24, 2.45) is 11.8 Å². The van der Waals surface area contributed by atoms with Gasteiger partial charge in [0.15, 0.2) is 0 Å². The smallest absolute Gasteiger partial charge is 0.222 e. The number of aromatic nitrogens is 2. The first-order valence-corrected chi connectivity index (χ1v) is 6.53. The van der Waals surface area contributed by atoms with Gasteiger partial charge in [0.25, 0.3) is 0 Å². The SMILES string of the molecule is CC1CCC(CNc2ncc(I)cn2)C1. The summed E-state index contributed by atoms with van der Waals surface area (Å²) in [5.41, 5.74) is 0. The maximum Gasteiger partial charge on any atom is 0.222 e. The molecule has 0 bridgehead atoms. The van der Waals surface area contributed by atoms with E-state index in [0.29, 0.717) is 0 Å². The fourth-order valence-corrected chi connectivity index (χ4v) is 2.43. The second-order valence-electron chi connectivity index (χ2n) is 4.39. The minimum Gasteiger partial charge on any atom is -0.354 e. The molecule has 1 aromatic heterocycles. The lowest BCUT2D eigenvalue weighted by atomic mass is 10.1. The van der Waals surface area contributed by atoms with Crippen LogP contribution in [0.5, 0.6) is 0 Å². The Balaban J connectivity index is 1.80. The number of anilines is 1. The molecule has 1 aliphatic carbocycles. The summed E-state index contributed by atoms with van der Waals surface area (Å²) >= 11 is 2.21. The van der Waals surface area contributed by atoms with Gasteiger partial charge in [0.05, 0.1) is 0 Å². The van der Waals surface area contributed by atoms with Gasteiger partial charge in [-0.15, -0.1) is 0 Å². The summed E-state index contributed by atoms with van der Waals surface area (Å²) < 4.78 is 1.08. The Morgan fingerprint density at radius 2 is 2.13 bits per heavy atom. The molecule has 2 unspecified atom stereocenters. The highest BCUT2D eigenvalue weighted by molar-refractivity contribution is 14.1. The van der Waals surface area contributed by atoms with Gasteiger partial charge in [-0.25, -0.2) is 9.97 Å². The third kappa shape index (κ3) is 3.29. The summed E-state index contributed by atoms with van der Waals surface area (Å²) in [5, 5.41) is 3.31. The molecule has 2 atom stereocenters. The number of hydrogen-bond acceptors (Lipinski definition) is 3. The summed E-state index contributed by atoms with van der Waals surface area (Å²) in [7, 11) is 0. The zero-order chi connectivity index (χ0) is 10.7. The molecule has 1 N–H and O–H groups in total. The lowest BCUT2D eigenvalue weighted by Gasteiger charge is -2.10. The molecule has 0 aromatic carbocycles. The predicted molar refractivity (Wildman–Crippen MR) is 69.7 cm³/mol. The van der Waals surface area contributed by atoms with Crippen LogP contribution in [-0.4, -0.2) is 16.5 Å². The maximum atomic E-state index is 4.23. The van der Waals surface area contributed by atoms with Crippen LogP contribution in [0, 0.1) is 15.4 Å². The van der Waals surface area contributed by atoms with Crippen LogP contribution in [0.3, 0.4) is 0 Å². The first kappa shape index (κ1) is 11.1. The standard InChI is InChI=1S/C11H16IN3/c1-8-2-3-9(4-8)5-13-11-14-6-10(12)7-15-11/h6-9H,2-5H2,1H3,(H,13,14,15). The molecule has 0 saturated heterocycles. The van der Waals surface area contributed by atoms with Crippen molar-refractivity contribution in [1.82, 2.24) is 9.97 Å². The van der Waals surface area contributed by atoms with Crippen molar-refractivity contribution >= 4 is 28.5 Å². The third-order valence-electron chi connectivity index (χ3n) is 2.97. The van der Waals surface area contributed by atoms with Gasteiger partial charge in [0, 0.05) is 22.5 Å². The summed E-state index contributed by atoms with van der Waals surface area (Å²) in [4.78, 5) is 8.46. The van der Waals surface area contributed by atoms with E-state index in [-0.39, 0.29) is 0 Å². The Morgan fingerprint density at radius 1 is 1.40 bits per heavy atom. The van der Waals surface area contributed by atoms with Crippen molar-refractivity contribution in [2.75, 3.05) is 11.9 Å². The van der Waals surface area contributed by atoms with E-state index in [0.717, 1.165) is 27.9 Å². The van der Waals surface area contributed by atoms with Crippen LogP contribution in [0.4, 0.5) is 5.95 Å². The Morgan fingerprint density at radius 3 is 2.73 bits per heavy atom. The van der Waals surface area contributed by atoms with E-state index >= 15 is 0 Å². The van der Waals surface area contributed by atoms with Gasteiger partial charge in [0.2, 0.25) is 5.95 Å². The van der Waals surface area contributed by atoms with Gasteiger partial charge < -0.3 is 5.32 Å². The Hall–Kier alpha value is -0.390. The predicted octanol–water partition coefficient (Wildman–Crippen LogP) is 2.93. The van der Waals surface area contributed by atoms with Gasteiger partial charge in [-0.3, -0.25) is 0 Å². The van der Waals surface area contributed by atoms with Crippen molar-refractivity contribution < 1.29 is 0 Å². The number of hydrogen-bond donors (Lipinski definition) is 1. The second-order valence-corrected chi connectivity index (χ2v) is 5.64. The van der Waals surface area contributed by atoms with Crippen molar-refractivity contribution in [3.63, 3.8) is 0 Å². The average Bonchev–Trinajstić information content (AvgIpc) is 2.64. The molecule has 15 heavy (non-hydrogen) atoms. The molecular formula is C11H16IN3. The Kier molecular flexibility index (Phi) is 3.77. The van der Waals surface area contributed by atoms with Crippen LogP contribution < -0.4 is 5.32 Å². The lowest BCUT2D eigenvalue weighted by molar-refractivity contribution is 0.536. The Bertz CT molecular complexity index is 312. The van der Waals surface area contributed by atoms with Crippen molar-refractivity contribution in [2.45, 2.75) is 26.2 Å². The maximum absolute atomic E-state index is 4.23. The molecule has 2 rings (SSSR count). The molecule has 1 heterocycles. The summed E-state index contributed by atoms with van der Waals surface area (Å²) in [6.45, 7) is 3.35. The van der Waals surface area contributed by atoms with Gasteiger partial charge in [-0.2, -0.15) is 0 Å². The highest BCUT2D eigenvalue weighted by Gasteiger charge is 2.20. The third-order valence-corrected chi connectivity index (χ3v) is 3.53. The summed E-state index contributed by atoms with van der Waals surface area (Å²) in [6.07, 6.45) is 7.75. The first-order chi connectivity index (χ1) is 7.24. The minimum absolute atomic E-state index is 0.759. The molecule has 1 fully saturated rings. The largest absolute Gasteiger partial charge is 0.354 e. The molecule has 0 spiro atoms. The van der Waals surface area contributed by atoms with E-state index in [9.17, 15) is 0 Å². The van der Waals surface area contributed by atoms with Crippen LogP contribution in [0.25, 0.3) is 0 Å². The molecule has 4 heteroatoms. The van der Waals surface area contributed by atoms with Gasteiger partial charge >= 0.3 is 0 Å². The topological polar surface area (TPSA) is 37.8 Å².